The summed E-state index contributed by atoms with van der Waals surface area (Å²) < 4.78 is 16.9. The van der Waals surface area contributed by atoms with Gasteiger partial charge in [0.25, 0.3) is 0 Å². The van der Waals surface area contributed by atoms with Gasteiger partial charge < -0.3 is 24.2 Å². The van der Waals surface area contributed by atoms with Crippen LogP contribution in [0.1, 0.15) is 82.1 Å². The Morgan fingerprint density at radius 3 is 1.37 bits per heavy atom. The second-order valence-electron chi connectivity index (χ2n) is 14.2. The number of nitrogens with zero attached hydrogens (tertiary/aromatic N) is 4. The number of rotatable bonds is 10. The van der Waals surface area contributed by atoms with Crippen LogP contribution in [0.5, 0.6) is 0 Å². The van der Waals surface area contributed by atoms with Gasteiger partial charge in [-0.1, -0.05) is 6.92 Å². The van der Waals surface area contributed by atoms with E-state index in [1.807, 2.05) is 51.3 Å². The third-order valence-corrected chi connectivity index (χ3v) is 6.62. The average molecular weight is 615 g/mol. The van der Waals surface area contributed by atoms with Gasteiger partial charge in [0.05, 0.1) is 13.1 Å². The molecule has 0 saturated carbocycles. The second-order valence-corrected chi connectivity index (χ2v) is 14.2. The van der Waals surface area contributed by atoms with Crippen molar-refractivity contribution in [3.63, 3.8) is 0 Å². The maximum absolute atomic E-state index is 13.3. The Bertz CT molecular complexity index is 907. The molecule has 12 nitrogen and oxygen atoms in total. The molecule has 1 N–H and O–H groups in total. The Kier molecular flexibility index (Phi) is 15.6. The lowest BCUT2D eigenvalue weighted by Gasteiger charge is -2.37. The van der Waals surface area contributed by atoms with Gasteiger partial charge in [-0.25, -0.2) is 0 Å². The van der Waals surface area contributed by atoms with E-state index in [1.165, 1.54) is 0 Å². The number of hydrogen-bond donors (Lipinski definition) is 1. The van der Waals surface area contributed by atoms with Crippen molar-refractivity contribution >= 4 is 23.9 Å². The molecule has 0 aliphatic carbocycles. The number of ether oxygens (including phenoxy) is 3. The molecule has 1 aliphatic rings. The van der Waals surface area contributed by atoms with Crippen LogP contribution in [0.15, 0.2) is 0 Å². The number of esters is 3. The first kappa shape index (κ1) is 38.7. The highest BCUT2D eigenvalue weighted by Gasteiger charge is 2.32. The highest BCUT2D eigenvalue weighted by Crippen LogP contribution is 2.17. The standard InChI is InChI=1S/C31H58N4O8/c1-11-32-14-15-33(22-26(38)41-29(2,3)4)16-17-34(23-27(39)42-30(5,6)7)19-21-35(20-18-32)24(12-13-25(36)37)28(40)43-31(8,9)10/h24H,11-23H2,1-10H3,(H,36,37). The fraction of sp³-hybridized carbons (Fsp3) is 0.871. The molecular formula is C31H58N4O8. The van der Waals surface area contributed by atoms with Crippen LogP contribution in [-0.2, 0) is 33.4 Å². The van der Waals surface area contributed by atoms with E-state index in [9.17, 15) is 24.3 Å². The van der Waals surface area contributed by atoms with E-state index in [4.69, 9.17) is 14.2 Å². The summed E-state index contributed by atoms with van der Waals surface area (Å²) in [5, 5.41) is 9.41. The van der Waals surface area contributed by atoms with E-state index in [2.05, 4.69) is 16.7 Å². The zero-order chi connectivity index (χ0) is 33.0. The molecule has 12 heteroatoms. The van der Waals surface area contributed by atoms with Crippen molar-refractivity contribution in [3.8, 4) is 0 Å². The van der Waals surface area contributed by atoms with E-state index in [0.717, 1.165) is 6.54 Å². The molecule has 0 aromatic heterocycles. The van der Waals surface area contributed by atoms with Crippen molar-refractivity contribution in [1.82, 2.24) is 19.6 Å². The summed E-state index contributed by atoms with van der Waals surface area (Å²) in [7, 11) is 0. The first-order valence-electron chi connectivity index (χ1n) is 15.5. The van der Waals surface area contributed by atoms with Crippen LogP contribution in [-0.4, -0.2) is 143 Å². The summed E-state index contributed by atoms with van der Waals surface area (Å²) in [6.07, 6.45) is -0.0503. The molecule has 43 heavy (non-hydrogen) atoms. The fourth-order valence-electron chi connectivity index (χ4n) is 4.69. The van der Waals surface area contributed by atoms with Crippen molar-refractivity contribution in [2.45, 2.75) is 105 Å². The van der Waals surface area contributed by atoms with Gasteiger partial charge in [0, 0.05) is 58.8 Å². The average Bonchev–Trinajstić information content (AvgIpc) is 2.79. The molecule has 0 radical (unpaired) electrons. The van der Waals surface area contributed by atoms with Crippen LogP contribution in [0, 0.1) is 0 Å². The summed E-state index contributed by atoms with van der Waals surface area (Å²) in [5.41, 5.74) is -1.95. The molecule has 1 saturated heterocycles. The Morgan fingerprint density at radius 2 is 1.00 bits per heavy atom. The lowest BCUT2D eigenvalue weighted by atomic mass is 10.1. The van der Waals surface area contributed by atoms with E-state index in [-0.39, 0.29) is 37.9 Å². The molecule has 1 heterocycles. The zero-order valence-corrected chi connectivity index (χ0v) is 28.4. The summed E-state index contributed by atoms with van der Waals surface area (Å²) >= 11 is 0. The van der Waals surface area contributed by atoms with Crippen molar-refractivity contribution in [3.05, 3.63) is 0 Å². The zero-order valence-electron chi connectivity index (χ0n) is 28.4. The molecule has 1 aliphatic heterocycles. The minimum absolute atomic E-state index is 0.0404. The molecule has 0 amide bonds. The third kappa shape index (κ3) is 18.2. The fourth-order valence-corrected chi connectivity index (χ4v) is 4.69. The molecule has 1 rings (SSSR count). The van der Waals surface area contributed by atoms with Gasteiger partial charge in [0.1, 0.15) is 22.8 Å². The third-order valence-electron chi connectivity index (χ3n) is 6.62. The van der Waals surface area contributed by atoms with Crippen LogP contribution in [0.2, 0.25) is 0 Å². The molecular weight excluding hydrogens is 556 g/mol. The molecule has 1 fully saturated rings. The predicted octanol–water partition coefficient (Wildman–Crippen LogP) is 2.49. The Morgan fingerprint density at radius 1 is 0.628 bits per heavy atom. The normalized spacial score (nSPS) is 18.7. The molecule has 0 bridgehead atoms. The predicted molar refractivity (Wildman–Crippen MR) is 165 cm³/mol. The van der Waals surface area contributed by atoms with Crippen LogP contribution >= 0.6 is 0 Å². The van der Waals surface area contributed by atoms with Crippen LogP contribution in [0.25, 0.3) is 0 Å². The molecule has 250 valence electrons. The van der Waals surface area contributed by atoms with Gasteiger partial charge in [-0.05, 0) is 75.3 Å². The van der Waals surface area contributed by atoms with Gasteiger partial charge in [-0.3, -0.25) is 33.9 Å². The van der Waals surface area contributed by atoms with Crippen molar-refractivity contribution < 1.29 is 38.5 Å². The lowest BCUT2D eigenvalue weighted by molar-refractivity contribution is -0.163. The van der Waals surface area contributed by atoms with Gasteiger partial charge in [0.15, 0.2) is 0 Å². The highest BCUT2D eigenvalue weighted by atomic mass is 16.6. The number of carboxylic acids is 1. The van der Waals surface area contributed by atoms with Crippen molar-refractivity contribution in [2.24, 2.45) is 0 Å². The van der Waals surface area contributed by atoms with E-state index < -0.39 is 34.8 Å². The van der Waals surface area contributed by atoms with Crippen molar-refractivity contribution in [1.29, 1.82) is 0 Å². The van der Waals surface area contributed by atoms with E-state index in [0.29, 0.717) is 52.4 Å². The first-order valence-corrected chi connectivity index (χ1v) is 15.5. The molecule has 0 aromatic carbocycles. The SMILES string of the molecule is CCN1CCN(CC(=O)OC(C)(C)C)CCN(CC(=O)OC(C)(C)C)CCN(C(CCC(=O)O)C(=O)OC(C)(C)C)CC1. The largest absolute Gasteiger partial charge is 0.481 e. The topological polar surface area (TPSA) is 129 Å². The summed E-state index contributed by atoms with van der Waals surface area (Å²) in [6.45, 7) is 23.6. The smallest absolute Gasteiger partial charge is 0.323 e. The summed E-state index contributed by atoms with van der Waals surface area (Å²) in [6, 6.07) is -0.746. The van der Waals surface area contributed by atoms with Gasteiger partial charge in [0.2, 0.25) is 0 Å². The number of carboxylic acid groups (broad SMARTS) is 1. The first-order chi connectivity index (χ1) is 19.7. The van der Waals surface area contributed by atoms with Crippen LogP contribution in [0.4, 0.5) is 0 Å². The van der Waals surface area contributed by atoms with E-state index >= 15 is 0 Å². The summed E-state index contributed by atoms with van der Waals surface area (Å²) in [4.78, 5) is 58.6. The van der Waals surface area contributed by atoms with Crippen LogP contribution < -0.4 is 0 Å². The number of likely N-dealkylation sites (N-methyl/N-ethyl adjacent to an activating group) is 1. The number of aliphatic carboxylic acids is 1. The second kappa shape index (κ2) is 17.3. The lowest BCUT2D eigenvalue weighted by Crippen LogP contribution is -2.52. The van der Waals surface area contributed by atoms with Crippen LogP contribution in [0.3, 0.4) is 0 Å². The molecule has 0 aromatic rings. The Hall–Kier alpha value is -2.28. The number of carbonyl (C=O) groups excluding carboxylic acids is 3. The minimum Gasteiger partial charge on any atom is -0.481 e. The minimum atomic E-state index is -0.977. The molecule has 0 spiro atoms. The molecule has 1 unspecified atom stereocenters. The van der Waals surface area contributed by atoms with Gasteiger partial charge in [-0.15, -0.1) is 0 Å². The maximum Gasteiger partial charge on any atom is 0.323 e. The quantitative estimate of drug-likeness (QED) is 0.287. The number of carbonyl (C=O) groups is 4. The van der Waals surface area contributed by atoms with E-state index in [1.54, 1.807) is 20.8 Å². The highest BCUT2D eigenvalue weighted by molar-refractivity contribution is 5.77. The maximum atomic E-state index is 13.3. The van der Waals surface area contributed by atoms with Crippen molar-refractivity contribution in [2.75, 3.05) is 72.0 Å². The molecule has 1 atom stereocenters. The monoisotopic (exact) mass is 614 g/mol. The van der Waals surface area contributed by atoms with Gasteiger partial charge in [-0.2, -0.15) is 0 Å². The Labute approximate surface area is 259 Å². The number of hydrogen-bond acceptors (Lipinski definition) is 11. The summed E-state index contributed by atoms with van der Waals surface area (Å²) in [5.74, 6) is -2.09. The Balaban J connectivity index is 3.29. The van der Waals surface area contributed by atoms with Gasteiger partial charge >= 0.3 is 23.9 Å².